The Morgan fingerprint density at radius 1 is 0.415 bits per heavy atom. The molecular formula is C35H74NO4P. The third-order valence-corrected chi connectivity index (χ3v) is 9.30. The first kappa shape index (κ1) is 41.1. The van der Waals surface area contributed by atoms with Crippen molar-refractivity contribution in [3.8, 4) is 0 Å². The summed E-state index contributed by atoms with van der Waals surface area (Å²) < 4.78 is 22.4. The van der Waals surface area contributed by atoms with E-state index in [1.165, 1.54) is 167 Å². The predicted octanol–water partition coefficient (Wildman–Crippen LogP) is 12.0. The van der Waals surface area contributed by atoms with Crippen molar-refractivity contribution in [1.82, 2.24) is 4.90 Å². The van der Waals surface area contributed by atoms with E-state index in [4.69, 9.17) is 9.05 Å². The molecule has 0 aromatic heterocycles. The summed E-state index contributed by atoms with van der Waals surface area (Å²) in [6.45, 7) is 11.3. The summed E-state index contributed by atoms with van der Waals surface area (Å²) in [4.78, 5) is 12.6. The molecule has 0 saturated carbocycles. The van der Waals surface area contributed by atoms with E-state index in [0.29, 0.717) is 13.2 Å². The topological polar surface area (TPSA) is 59.0 Å². The standard InChI is InChI=1S/C35H74NO4P/c1-4-7-10-13-16-17-19-24-29-34-39-41(37,38)40-35-30-25-20-18-23-28-33-36(31-26-21-14-11-8-5-2)32-27-22-15-12-9-6-3/h4-35H2,1-3H3,(H,37,38). The Kier molecular flexibility index (Phi) is 33.0. The molecule has 5 nitrogen and oxygen atoms in total. The summed E-state index contributed by atoms with van der Waals surface area (Å²) in [5, 5.41) is 0. The average Bonchev–Trinajstić information content (AvgIpc) is 2.96. The zero-order valence-electron chi connectivity index (χ0n) is 28.2. The highest BCUT2D eigenvalue weighted by Crippen LogP contribution is 2.43. The SMILES string of the molecule is CCCCCCCCCCCOP(=O)(O)OCCCCCCCCN(CCCCCCCC)CCCCCCCC. The third-order valence-electron chi connectivity index (χ3n) is 8.28. The van der Waals surface area contributed by atoms with Crippen molar-refractivity contribution in [2.75, 3.05) is 32.8 Å². The Balaban J connectivity index is 3.78. The first-order valence-electron chi connectivity index (χ1n) is 18.4. The van der Waals surface area contributed by atoms with E-state index in [-0.39, 0.29) is 0 Å². The Bertz CT molecular complexity index is 532. The lowest BCUT2D eigenvalue weighted by molar-refractivity contribution is 0.145. The van der Waals surface area contributed by atoms with Gasteiger partial charge in [0, 0.05) is 0 Å². The second kappa shape index (κ2) is 33.0. The van der Waals surface area contributed by atoms with Crippen molar-refractivity contribution < 1.29 is 18.5 Å². The summed E-state index contributed by atoms with van der Waals surface area (Å²) in [6, 6.07) is 0. The molecule has 1 unspecified atom stereocenters. The van der Waals surface area contributed by atoms with Gasteiger partial charge in [0.2, 0.25) is 0 Å². The number of phosphoric acid groups is 1. The summed E-state index contributed by atoms with van der Waals surface area (Å²) in [5.74, 6) is 0. The smallest absolute Gasteiger partial charge is 0.303 e. The minimum absolute atomic E-state index is 0.315. The van der Waals surface area contributed by atoms with E-state index in [0.717, 1.165) is 25.7 Å². The van der Waals surface area contributed by atoms with Gasteiger partial charge in [0.05, 0.1) is 13.2 Å². The molecule has 0 amide bonds. The lowest BCUT2D eigenvalue weighted by Gasteiger charge is -2.22. The number of unbranched alkanes of at least 4 members (excludes halogenated alkanes) is 23. The molecule has 0 heterocycles. The van der Waals surface area contributed by atoms with Gasteiger partial charge in [-0.15, -0.1) is 0 Å². The largest absolute Gasteiger partial charge is 0.472 e. The molecule has 0 saturated heterocycles. The minimum atomic E-state index is -3.88. The molecule has 1 N–H and O–H groups in total. The molecule has 0 aromatic rings. The molecule has 6 heteroatoms. The highest BCUT2D eigenvalue weighted by atomic mass is 31.2. The molecule has 248 valence electrons. The molecule has 0 bridgehead atoms. The number of rotatable bonds is 35. The summed E-state index contributed by atoms with van der Waals surface area (Å²) >= 11 is 0. The van der Waals surface area contributed by atoms with Gasteiger partial charge >= 0.3 is 7.82 Å². The van der Waals surface area contributed by atoms with Gasteiger partial charge in [-0.25, -0.2) is 4.57 Å². The number of nitrogens with zero attached hydrogens (tertiary/aromatic N) is 1. The van der Waals surface area contributed by atoms with Gasteiger partial charge in [0.1, 0.15) is 0 Å². The Morgan fingerprint density at radius 2 is 0.659 bits per heavy atom. The van der Waals surface area contributed by atoms with Crippen LogP contribution in [0.25, 0.3) is 0 Å². The predicted molar refractivity (Wildman–Crippen MR) is 180 cm³/mol. The summed E-state index contributed by atoms with van der Waals surface area (Å²) in [6.07, 6.45) is 34.4. The second-order valence-corrected chi connectivity index (χ2v) is 13.9. The fraction of sp³-hybridized carbons (Fsp3) is 1.00. The van der Waals surface area contributed by atoms with Gasteiger partial charge in [-0.1, -0.05) is 162 Å². The van der Waals surface area contributed by atoms with Crippen LogP contribution in [0.1, 0.15) is 194 Å². The van der Waals surface area contributed by atoms with Gasteiger partial charge in [-0.05, 0) is 51.7 Å². The van der Waals surface area contributed by atoms with Gasteiger partial charge in [0.25, 0.3) is 0 Å². The number of hydrogen-bond acceptors (Lipinski definition) is 4. The van der Waals surface area contributed by atoms with Crippen molar-refractivity contribution in [2.45, 2.75) is 194 Å². The molecule has 0 spiro atoms. The van der Waals surface area contributed by atoms with Crippen LogP contribution >= 0.6 is 7.82 Å². The maximum Gasteiger partial charge on any atom is 0.472 e. The molecule has 41 heavy (non-hydrogen) atoms. The first-order valence-corrected chi connectivity index (χ1v) is 19.9. The van der Waals surface area contributed by atoms with Crippen LogP contribution in [-0.2, 0) is 13.6 Å². The lowest BCUT2D eigenvalue weighted by atomic mass is 10.1. The van der Waals surface area contributed by atoms with Crippen LogP contribution in [0.15, 0.2) is 0 Å². The molecule has 0 aliphatic heterocycles. The van der Waals surface area contributed by atoms with Crippen LogP contribution < -0.4 is 0 Å². The van der Waals surface area contributed by atoms with Crippen molar-refractivity contribution in [2.24, 2.45) is 0 Å². The Hall–Kier alpha value is 0.0700. The average molecular weight is 604 g/mol. The van der Waals surface area contributed by atoms with E-state index in [1.807, 2.05) is 0 Å². The van der Waals surface area contributed by atoms with Crippen LogP contribution in [0.3, 0.4) is 0 Å². The number of hydrogen-bond donors (Lipinski definition) is 1. The maximum absolute atomic E-state index is 12.1. The normalized spacial score (nSPS) is 13.3. The van der Waals surface area contributed by atoms with Crippen LogP contribution in [0.5, 0.6) is 0 Å². The summed E-state index contributed by atoms with van der Waals surface area (Å²) in [5.41, 5.74) is 0. The van der Waals surface area contributed by atoms with Crippen molar-refractivity contribution >= 4 is 7.82 Å². The zero-order valence-corrected chi connectivity index (χ0v) is 29.1. The maximum atomic E-state index is 12.1. The third kappa shape index (κ3) is 32.8. The van der Waals surface area contributed by atoms with Gasteiger partial charge < -0.3 is 9.79 Å². The fourth-order valence-electron chi connectivity index (χ4n) is 5.52. The monoisotopic (exact) mass is 604 g/mol. The summed E-state index contributed by atoms with van der Waals surface area (Å²) in [7, 11) is -3.88. The Labute approximate surface area is 257 Å². The quantitative estimate of drug-likeness (QED) is 0.0577. The Morgan fingerprint density at radius 3 is 0.951 bits per heavy atom. The number of phosphoric ester groups is 1. The van der Waals surface area contributed by atoms with E-state index in [2.05, 4.69) is 25.7 Å². The van der Waals surface area contributed by atoms with E-state index < -0.39 is 7.82 Å². The minimum Gasteiger partial charge on any atom is -0.303 e. The van der Waals surface area contributed by atoms with E-state index in [1.54, 1.807) is 0 Å². The van der Waals surface area contributed by atoms with Crippen LogP contribution in [0.2, 0.25) is 0 Å². The van der Waals surface area contributed by atoms with Crippen LogP contribution in [0.4, 0.5) is 0 Å². The van der Waals surface area contributed by atoms with E-state index >= 15 is 0 Å². The molecule has 0 aliphatic rings. The first-order chi connectivity index (χ1) is 20.1. The van der Waals surface area contributed by atoms with Gasteiger partial charge in [-0.2, -0.15) is 0 Å². The molecule has 0 radical (unpaired) electrons. The second-order valence-electron chi connectivity index (χ2n) is 12.5. The highest BCUT2D eigenvalue weighted by Gasteiger charge is 2.19. The highest BCUT2D eigenvalue weighted by molar-refractivity contribution is 7.47. The zero-order chi connectivity index (χ0) is 30.1. The van der Waals surface area contributed by atoms with Gasteiger partial charge in [-0.3, -0.25) is 9.05 Å². The van der Waals surface area contributed by atoms with E-state index in [9.17, 15) is 9.46 Å². The molecule has 1 atom stereocenters. The lowest BCUT2D eigenvalue weighted by Crippen LogP contribution is -2.27. The van der Waals surface area contributed by atoms with Crippen molar-refractivity contribution in [3.05, 3.63) is 0 Å². The molecule has 0 fully saturated rings. The molecule has 0 rings (SSSR count). The van der Waals surface area contributed by atoms with Crippen molar-refractivity contribution in [1.29, 1.82) is 0 Å². The van der Waals surface area contributed by atoms with Crippen LogP contribution in [0, 0.1) is 0 Å². The molecular weight excluding hydrogens is 529 g/mol. The molecule has 0 aliphatic carbocycles. The fourth-order valence-corrected chi connectivity index (χ4v) is 6.32. The van der Waals surface area contributed by atoms with Gasteiger partial charge in [0.15, 0.2) is 0 Å². The van der Waals surface area contributed by atoms with Crippen LogP contribution in [-0.4, -0.2) is 42.6 Å². The molecule has 0 aromatic carbocycles. The van der Waals surface area contributed by atoms with Crippen molar-refractivity contribution in [3.63, 3.8) is 0 Å².